The van der Waals surface area contributed by atoms with Gasteiger partial charge in [0.2, 0.25) is 5.91 Å². The molecular formula is C27H29ClF2N8O2S. The molecule has 14 heteroatoms. The Labute approximate surface area is 243 Å². The van der Waals surface area contributed by atoms with Crippen LogP contribution < -0.4 is 21.1 Å². The fourth-order valence-corrected chi connectivity index (χ4v) is 6.56. The van der Waals surface area contributed by atoms with Crippen LogP contribution in [-0.4, -0.2) is 89.6 Å². The minimum atomic E-state index is -0.708. The van der Waals surface area contributed by atoms with Crippen molar-refractivity contribution in [2.45, 2.75) is 24.9 Å². The summed E-state index contributed by atoms with van der Waals surface area (Å²) >= 11 is 7.69. The minimum Gasteiger partial charge on any atom is -0.462 e. The molecule has 6 rings (SSSR count). The molecule has 4 N–H and O–H groups in total. The van der Waals surface area contributed by atoms with E-state index in [1.54, 1.807) is 11.0 Å². The molecule has 2 aliphatic heterocycles. The summed E-state index contributed by atoms with van der Waals surface area (Å²) in [5.41, 5.74) is 11.9. The first-order valence-electron chi connectivity index (χ1n) is 13.2. The lowest BCUT2D eigenvalue weighted by molar-refractivity contribution is -0.133. The lowest BCUT2D eigenvalue weighted by atomic mass is 10.0. The first kappa shape index (κ1) is 27.8. The molecule has 0 spiro atoms. The number of amides is 1. The number of likely N-dealkylation sites (N-methyl/N-ethyl adjacent to an activating group) is 2. The summed E-state index contributed by atoms with van der Waals surface area (Å²) in [6.07, 6.45) is 2.05. The third-order valence-electron chi connectivity index (χ3n) is 7.97. The lowest BCUT2D eigenvalue weighted by Crippen LogP contribution is -2.61. The second kappa shape index (κ2) is 10.8. The van der Waals surface area contributed by atoms with Crippen molar-refractivity contribution in [2.75, 3.05) is 57.5 Å². The Morgan fingerprint density at radius 1 is 1.24 bits per heavy atom. The van der Waals surface area contributed by atoms with E-state index in [9.17, 15) is 9.18 Å². The Bertz CT molecular complexity index is 1660. The highest BCUT2D eigenvalue weighted by Gasteiger charge is 2.35. The number of hydrogen-bond donors (Lipinski definition) is 2. The standard InChI is InChI=1S/C27H29ClF2N8O2S/c1-36-7-3-4-13(36)12-40-27-34-22-16(25(35-27)37(2)14-10-38(11-14)19(39)9-31)8-17(28)20(21(22)30)15-5-6-18(29)24-23(15)33-26(32)41-24/h5-6,8,13-14H,3-4,7,9-12,31H2,1-2H3,(H2,32,33). The van der Waals surface area contributed by atoms with Gasteiger partial charge in [0.05, 0.1) is 27.8 Å². The molecule has 1 amide bonds. The molecule has 4 aromatic rings. The highest BCUT2D eigenvalue weighted by molar-refractivity contribution is 7.22. The van der Waals surface area contributed by atoms with Gasteiger partial charge in [-0.1, -0.05) is 22.9 Å². The summed E-state index contributed by atoms with van der Waals surface area (Å²) in [5, 5.41) is 0.622. The predicted molar refractivity (Wildman–Crippen MR) is 156 cm³/mol. The van der Waals surface area contributed by atoms with Crippen LogP contribution in [0.2, 0.25) is 5.02 Å². The van der Waals surface area contributed by atoms with Crippen LogP contribution in [0.4, 0.5) is 19.7 Å². The molecule has 0 aliphatic carbocycles. The molecular weight excluding hydrogens is 574 g/mol. The average molecular weight is 603 g/mol. The molecule has 4 heterocycles. The summed E-state index contributed by atoms with van der Waals surface area (Å²) in [4.78, 5) is 31.2. The first-order valence-corrected chi connectivity index (χ1v) is 14.4. The maximum absolute atomic E-state index is 16.5. The van der Waals surface area contributed by atoms with Crippen LogP contribution in [0.1, 0.15) is 12.8 Å². The number of carbonyl (C=O) groups is 1. The van der Waals surface area contributed by atoms with Crippen molar-refractivity contribution < 1.29 is 18.3 Å². The summed E-state index contributed by atoms with van der Waals surface area (Å²) in [6, 6.07) is 4.43. The summed E-state index contributed by atoms with van der Waals surface area (Å²) in [6.45, 7) is 2.17. The van der Waals surface area contributed by atoms with E-state index >= 15 is 4.39 Å². The number of aromatic nitrogens is 3. The third-order valence-corrected chi connectivity index (χ3v) is 9.16. The number of thiazole rings is 1. The maximum atomic E-state index is 16.5. The van der Waals surface area contributed by atoms with Gasteiger partial charge < -0.3 is 30.9 Å². The highest BCUT2D eigenvalue weighted by Crippen LogP contribution is 2.43. The first-order chi connectivity index (χ1) is 19.7. The van der Waals surface area contributed by atoms with Crippen molar-refractivity contribution >= 4 is 60.9 Å². The van der Waals surface area contributed by atoms with Crippen LogP contribution in [-0.2, 0) is 4.79 Å². The number of nitrogen functional groups attached to an aromatic ring is 1. The Kier molecular flexibility index (Phi) is 7.30. The van der Waals surface area contributed by atoms with Gasteiger partial charge in [0.25, 0.3) is 0 Å². The summed E-state index contributed by atoms with van der Waals surface area (Å²) in [7, 11) is 3.86. The molecule has 10 nitrogen and oxygen atoms in total. The van der Waals surface area contributed by atoms with Gasteiger partial charge in [-0.2, -0.15) is 9.97 Å². The van der Waals surface area contributed by atoms with E-state index in [1.807, 2.05) is 19.0 Å². The molecule has 0 radical (unpaired) electrons. The number of nitrogens with two attached hydrogens (primary N) is 2. The van der Waals surface area contributed by atoms with Crippen LogP contribution in [0.5, 0.6) is 6.01 Å². The molecule has 2 saturated heterocycles. The quantitative estimate of drug-likeness (QED) is 0.327. The highest BCUT2D eigenvalue weighted by atomic mass is 35.5. The number of benzene rings is 2. The molecule has 0 saturated carbocycles. The summed E-state index contributed by atoms with van der Waals surface area (Å²) < 4.78 is 37.3. The van der Waals surface area contributed by atoms with Crippen molar-refractivity contribution in [3.63, 3.8) is 0 Å². The predicted octanol–water partition coefficient (Wildman–Crippen LogP) is 3.50. The van der Waals surface area contributed by atoms with Gasteiger partial charge in [0.15, 0.2) is 10.9 Å². The second-order valence-corrected chi connectivity index (χ2v) is 11.9. The monoisotopic (exact) mass is 602 g/mol. The fourth-order valence-electron chi connectivity index (χ4n) is 5.50. The van der Waals surface area contributed by atoms with E-state index in [-0.39, 0.29) is 62.0 Å². The minimum absolute atomic E-state index is 0.00548. The topological polar surface area (TPSA) is 127 Å². The van der Waals surface area contributed by atoms with Gasteiger partial charge in [-0.3, -0.25) is 4.79 Å². The van der Waals surface area contributed by atoms with Crippen LogP contribution in [0.15, 0.2) is 18.2 Å². The number of hydrogen-bond acceptors (Lipinski definition) is 10. The normalized spacial score (nSPS) is 17.9. The maximum Gasteiger partial charge on any atom is 0.319 e. The lowest BCUT2D eigenvalue weighted by Gasteiger charge is -2.44. The van der Waals surface area contributed by atoms with E-state index in [0.717, 1.165) is 30.7 Å². The fraction of sp³-hybridized carbons (Fsp3) is 0.407. The Hall–Kier alpha value is -3.39. The van der Waals surface area contributed by atoms with Gasteiger partial charge in [-0.05, 0) is 44.6 Å². The molecule has 2 aromatic carbocycles. The number of likely N-dealkylation sites (tertiary alicyclic amines) is 2. The molecule has 0 bridgehead atoms. The van der Waals surface area contributed by atoms with Gasteiger partial charge >= 0.3 is 6.01 Å². The number of rotatable bonds is 7. The largest absolute Gasteiger partial charge is 0.462 e. The average Bonchev–Trinajstić information content (AvgIpc) is 3.52. The zero-order valence-corrected chi connectivity index (χ0v) is 24.1. The van der Waals surface area contributed by atoms with Crippen molar-refractivity contribution in [1.82, 2.24) is 24.8 Å². The Morgan fingerprint density at radius 3 is 2.73 bits per heavy atom. The number of halogens is 3. The molecule has 1 atom stereocenters. The molecule has 1 unspecified atom stereocenters. The van der Waals surface area contributed by atoms with Crippen molar-refractivity contribution in [3.8, 4) is 17.1 Å². The van der Waals surface area contributed by atoms with Crippen LogP contribution >= 0.6 is 22.9 Å². The van der Waals surface area contributed by atoms with E-state index in [4.69, 9.17) is 27.8 Å². The zero-order chi connectivity index (χ0) is 29.0. The van der Waals surface area contributed by atoms with Gasteiger partial charge in [0.1, 0.15) is 23.8 Å². The molecule has 216 valence electrons. The zero-order valence-electron chi connectivity index (χ0n) is 22.5. The molecule has 2 aromatic heterocycles. The van der Waals surface area contributed by atoms with Crippen molar-refractivity contribution in [3.05, 3.63) is 34.9 Å². The number of fused-ring (bicyclic) bond motifs is 2. The van der Waals surface area contributed by atoms with Gasteiger partial charge in [-0.15, -0.1) is 0 Å². The molecule has 2 aliphatic rings. The van der Waals surface area contributed by atoms with E-state index in [2.05, 4.69) is 19.9 Å². The summed E-state index contributed by atoms with van der Waals surface area (Å²) in [5.74, 6) is -0.930. The molecule has 41 heavy (non-hydrogen) atoms. The van der Waals surface area contributed by atoms with Crippen LogP contribution in [0.25, 0.3) is 32.2 Å². The third kappa shape index (κ3) is 4.90. The van der Waals surface area contributed by atoms with Crippen LogP contribution in [0.3, 0.4) is 0 Å². The van der Waals surface area contributed by atoms with Gasteiger partial charge in [0, 0.05) is 42.7 Å². The SMILES string of the molecule is CN1CCCC1COc1nc(N(C)C2CN(C(=O)CN)C2)c2cc(Cl)c(-c3ccc(F)c4sc(N)nc34)c(F)c2n1. The number of carbonyl (C=O) groups excluding carboxylic acids is 1. The van der Waals surface area contributed by atoms with E-state index in [1.165, 1.54) is 12.1 Å². The Morgan fingerprint density at radius 2 is 2.02 bits per heavy atom. The molecule has 2 fully saturated rings. The van der Waals surface area contributed by atoms with Gasteiger partial charge in [-0.25, -0.2) is 13.8 Å². The number of nitrogens with zero attached hydrogens (tertiary/aromatic N) is 6. The number of anilines is 2. The second-order valence-electron chi connectivity index (χ2n) is 10.5. The number of ether oxygens (including phenoxy) is 1. The Balaban J connectivity index is 1.46. The van der Waals surface area contributed by atoms with E-state index in [0.29, 0.717) is 36.5 Å². The van der Waals surface area contributed by atoms with Crippen molar-refractivity contribution in [2.24, 2.45) is 5.73 Å². The van der Waals surface area contributed by atoms with Crippen LogP contribution in [0, 0.1) is 11.6 Å². The van der Waals surface area contributed by atoms with E-state index < -0.39 is 11.6 Å². The smallest absolute Gasteiger partial charge is 0.319 e. The van der Waals surface area contributed by atoms with Crippen molar-refractivity contribution in [1.29, 1.82) is 0 Å².